The number of aromatic nitrogens is 2. The van der Waals surface area contributed by atoms with Crippen LogP contribution in [0.1, 0.15) is 26.2 Å². The number of nitrogens with zero attached hydrogens (tertiary/aromatic N) is 2. The molecule has 0 bridgehead atoms. The number of carboxylic acids is 1. The lowest BCUT2D eigenvalue weighted by Crippen LogP contribution is -2.51. The number of carbonyl (C=O) groups is 1. The molecule has 0 aromatic carbocycles. The first kappa shape index (κ1) is 14.0. The summed E-state index contributed by atoms with van der Waals surface area (Å²) in [5.41, 5.74) is -0.983. The molecule has 1 aromatic heterocycles. The van der Waals surface area contributed by atoms with Gasteiger partial charge in [0.1, 0.15) is 5.54 Å². The molecule has 0 saturated heterocycles. The Morgan fingerprint density at radius 2 is 2.29 bits per heavy atom. The smallest absolute Gasteiger partial charge is 0.324 e. The molecule has 0 radical (unpaired) electrons. The van der Waals surface area contributed by atoms with Gasteiger partial charge >= 0.3 is 5.97 Å². The van der Waals surface area contributed by atoms with E-state index in [1.54, 1.807) is 13.8 Å². The minimum absolute atomic E-state index is 0.337. The summed E-state index contributed by atoms with van der Waals surface area (Å²) in [6.07, 6.45) is 0.882. The van der Waals surface area contributed by atoms with Gasteiger partial charge in [-0.25, -0.2) is 0 Å². The molecule has 6 nitrogen and oxygen atoms in total. The highest BCUT2D eigenvalue weighted by Gasteiger charge is 2.33. The quantitative estimate of drug-likeness (QED) is 0.714. The van der Waals surface area contributed by atoms with Gasteiger partial charge in [-0.15, -0.1) is 10.2 Å². The second-order valence-corrected chi connectivity index (χ2v) is 4.87. The van der Waals surface area contributed by atoms with Gasteiger partial charge in [-0.3, -0.25) is 4.79 Å². The number of rotatable bonds is 7. The van der Waals surface area contributed by atoms with Crippen LogP contribution >= 0.6 is 11.8 Å². The van der Waals surface area contributed by atoms with Crippen molar-refractivity contribution < 1.29 is 14.3 Å². The largest absolute Gasteiger partial charge is 0.480 e. The first-order valence-corrected chi connectivity index (χ1v) is 6.38. The second kappa shape index (κ2) is 6.02. The van der Waals surface area contributed by atoms with Crippen molar-refractivity contribution >= 4 is 17.7 Å². The molecule has 96 valence electrons. The minimum atomic E-state index is -0.983. The zero-order valence-electron chi connectivity index (χ0n) is 10.2. The van der Waals surface area contributed by atoms with Crippen molar-refractivity contribution in [2.24, 2.45) is 0 Å². The summed E-state index contributed by atoms with van der Waals surface area (Å²) >= 11 is 1.24. The number of aliphatic carboxylic acids is 1. The van der Waals surface area contributed by atoms with E-state index in [0.717, 1.165) is 6.42 Å². The lowest BCUT2D eigenvalue weighted by Gasteiger charge is -2.24. The second-order valence-electron chi connectivity index (χ2n) is 3.94. The van der Waals surface area contributed by atoms with Crippen LogP contribution in [0.5, 0.6) is 0 Å². The predicted molar refractivity (Wildman–Crippen MR) is 64.1 cm³/mol. The summed E-state index contributed by atoms with van der Waals surface area (Å²) in [4.78, 5) is 11.2. The van der Waals surface area contributed by atoms with Gasteiger partial charge < -0.3 is 14.8 Å². The maximum Gasteiger partial charge on any atom is 0.324 e. The molecule has 0 fully saturated rings. The molecule has 2 N–H and O–H groups in total. The van der Waals surface area contributed by atoms with Crippen LogP contribution in [0, 0.1) is 6.92 Å². The molecule has 0 aliphatic rings. The Hall–Kier alpha value is -1.08. The van der Waals surface area contributed by atoms with E-state index in [0.29, 0.717) is 23.4 Å². The summed E-state index contributed by atoms with van der Waals surface area (Å²) in [6, 6.07) is 0. The number of hydrogen-bond acceptors (Lipinski definition) is 6. The highest BCUT2D eigenvalue weighted by molar-refractivity contribution is 7.99. The van der Waals surface area contributed by atoms with Crippen LogP contribution in [-0.4, -0.2) is 39.1 Å². The summed E-state index contributed by atoms with van der Waals surface area (Å²) < 4.78 is 5.18. The Morgan fingerprint density at radius 1 is 1.59 bits per heavy atom. The third-order valence-corrected chi connectivity index (χ3v) is 3.36. The third kappa shape index (κ3) is 4.01. The van der Waals surface area contributed by atoms with Crippen LogP contribution in [-0.2, 0) is 4.79 Å². The lowest BCUT2D eigenvalue weighted by atomic mass is 10.1. The Morgan fingerprint density at radius 3 is 2.76 bits per heavy atom. The molecule has 17 heavy (non-hydrogen) atoms. The van der Waals surface area contributed by atoms with E-state index in [1.165, 1.54) is 11.8 Å². The topological polar surface area (TPSA) is 88.3 Å². The van der Waals surface area contributed by atoms with Crippen LogP contribution < -0.4 is 5.32 Å². The van der Waals surface area contributed by atoms with Crippen LogP contribution in [0.3, 0.4) is 0 Å². The Kier molecular flexibility index (Phi) is 4.95. The molecule has 1 atom stereocenters. The highest BCUT2D eigenvalue weighted by Crippen LogP contribution is 2.21. The van der Waals surface area contributed by atoms with Gasteiger partial charge in [0.2, 0.25) is 5.89 Å². The van der Waals surface area contributed by atoms with Gasteiger partial charge in [0, 0.05) is 12.7 Å². The monoisotopic (exact) mass is 259 g/mol. The molecule has 1 rings (SSSR count). The average molecular weight is 259 g/mol. The fourth-order valence-corrected chi connectivity index (χ4v) is 2.05. The van der Waals surface area contributed by atoms with Crippen molar-refractivity contribution in [3.05, 3.63) is 5.89 Å². The van der Waals surface area contributed by atoms with E-state index < -0.39 is 11.5 Å². The molecule has 0 spiro atoms. The fourth-order valence-electron chi connectivity index (χ4n) is 1.13. The number of hydrogen-bond donors (Lipinski definition) is 2. The third-order valence-electron chi connectivity index (χ3n) is 2.23. The Bertz CT molecular complexity index is 383. The van der Waals surface area contributed by atoms with Crippen molar-refractivity contribution in [3.8, 4) is 0 Å². The summed E-state index contributed by atoms with van der Waals surface area (Å²) in [6.45, 7) is 6.00. The molecule has 0 aliphatic heterocycles. The van der Waals surface area contributed by atoms with Crippen LogP contribution in [0.4, 0.5) is 0 Å². The van der Waals surface area contributed by atoms with Crippen LogP contribution in [0.2, 0.25) is 0 Å². The number of nitrogens with one attached hydrogen (secondary N) is 1. The molecular weight excluding hydrogens is 242 g/mol. The van der Waals surface area contributed by atoms with Crippen molar-refractivity contribution in [2.75, 3.05) is 12.3 Å². The molecule has 0 aliphatic carbocycles. The predicted octanol–water partition coefficient (Wildman–Crippen LogP) is 1.31. The van der Waals surface area contributed by atoms with E-state index in [-0.39, 0.29) is 0 Å². The van der Waals surface area contributed by atoms with Crippen molar-refractivity contribution in [2.45, 2.75) is 38.0 Å². The molecule has 1 aromatic rings. The average Bonchev–Trinajstić information content (AvgIpc) is 2.69. The Labute approximate surface area is 104 Å². The zero-order valence-corrected chi connectivity index (χ0v) is 11.0. The maximum atomic E-state index is 11.2. The first-order valence-electron chi connectivity index (χ1n) is 5.39. The zero-order chi connectivity index (χ0) is 12.9. The highest BCUT2D eigenvalue weighted by atomic mass is 32.2. The SMILES string of the molecule is CCCNC(C)(CSc1nnc(C)o1)C(=O)O. The van der Waals surface area contributed by atoms with Crippen molar-refractivity contribution in [1.82, 2.24) is 15.5 Å². The molecule has 7 heteroatoms. The van der Waals surface area contributed by atoms with Crippen LogP contribution in [0.25, 0.3) is 0 Å². The van der Waals surface area contributed by atoms with Gasteiger partial charge in [-0.1, -0.05) is 18.7 Å². The summed E-state index contributed by atoms with van der Waals surface area (Å²) in [5.74, 6) is -0.0648. The molecular formula is C10H17N3O3S. The summed E-state index contributed by atoms with van der Waals surface area (Å²) in [7, 11) is 0. The molecule has 0 saturated carbocycles. The van der Waals surface area contributed by atoms with E-state index in [1.807, 2.05) is 6.92 Å². The van der Waals surface area contributed by atoms with Crippen molar-refractivity contribution in [1.29, 1.82) is 0 Å². The minimum Gasteiger partial charge on any atom is -0.480 e. The van der Waals surface area contributed by atoms with E-state index in [4.69, 9.17) is 4.42 Å². The number of aryl methyl sites for hydroxylation is 1. The molecule has 1 unspecified atom stereocenters. The normalized spacial score (nSPS) is 14.5. The standard InChI is InChI=1S/C10H17N3O3S/c1-4-5-11-10(3,8(14)15)6-17-9-13-12-7(2)16-9/h11H,4-6H2,1-3H3,(H,14,15). The van der Waals surface area contributed by atoms with Gasteiger partial charge in [0.15, 0.2) is 0 Å². The Balaban J connectivity index is 2.58. The van der Waals surface area contributed by atoms with Crippen LogP contribution in [0.15, 0.2) is 9.64 Å². The van der Waals surface area contributed by atoms with Gasteiger partial charge in [0.05, 0.1) is 0 Å². The van der Waals surface area contributed by atoms with Gasteiger partial charge in [0.25, 0.3) is 5.22 Å². The van der Waals surface area contributed by atoms with Crippen molar-refractivity contribution in [3.63, 3.8) is 0 Å². The van der Waals surface area contributed by atoms with Gasteiger partial charge in [-0.05, 0) is 19.9 Å². The number of carboxylic acid groups (broad SMARTS) is 1. The molecule has 0 amide bonds. The summed E-state index contributed by atoms with van der Waals surface area (Å²) in [5, 5.41) is 20.1. The maximum absolute atomic E-state index is 11.2. The van der Waals surface area contributed by atoms with E-state index >= 15 is 0 Å². The van der Waals surface area contributed by atoms with Gasteiger partial charge in [-0.2, -0.15) is 0 Å². The number of thioether (sulfide) groups is 1. The molecule has 1 heterocycles. The van der Waals surface area contributed by atoms with E-state index in [2.05, 4.69) is 15.5 Å². The van der Waals surface area contributed by atoms with E-state index in [9.17, 15) is 9.90 Å². The lowest BCUT2D eigenvalue weighted by molar-refractivity contribution is -0.143. The fraction of sp³-hybridized carbons (Fsp3) is 0.700. The first-order chi connectivity index (χ1) is 7.98.